The molecule has 1 amide bonds. The van der Waals surface area contributed by atoms with E-state index in [9.17, 15) is 9.59 Å². The number of ketones is 1. The smallest absolute Gasteiger partial charge is 0.410 e. The summed E-state index contributed by atoms with van der Waals surface area (Å²) >= 11 is 0. The molecule has 0 N–H and O–H groups in total. The molecule has 2 aliphatic rings. The molecule has 5 heteroatoms. The van der Waals surface area contributed by atoms with Crippen LogP contribution in [-0.4, -0.2) is 41.6 Å². The van der Waals surface area contributed by atoms with Crippen LogP contribution >= 0.6 is 0 Å². The maximum Gasteiger partial charge on any atom is 0.410 e. The van der Waals surface area contributed by atoms with E-state index in [0.717, 1.165) is 18.4 Å². The molecule has 3 rings (SSSR count). The number of Topliss-reactive ketones (excluding diaryl/α,β-unsaturated/α-hetero) is 1. The summed E-state index contributed by atoms with van der Waals surface area (Å²) in [5, 5.41) is 0. The Balaban J connectivity index is 1.73. The standard InChI is InChI=1S/C21H29NO4/c1-13-8-14(12-18(9-13)25-5)19(23)15-10-16-6-7-17(11-15)22(16)20(24)26-21(2,3)4/h8-9,12,15-17H,6-7,10-11H2,1-5H3. The molecule has 0 aliphatic carbocycles. The number of carbonyl (C=O) groups excluding carboxylic acids is 2. The van der Waals surface area contributed by atoms with Crippen LogP contribution in [-0.2, 0) is 4.74 Å². The molecule has 0 saturated carbocycles. The van der Waals surface area contributed by atoms with Gasteiger partial charge in [-0.1, -0.05) is 0 Å². The van der Waals surface area contributed by atoms with E-state index in [0.29, 0.717) is 24.2 Å². The lowest BCUT2D eigenvalue weighted by Gasteiger charge is -2.39. The Morgan fingerprint density at radius 3 is 2.23 bits per heavy atom. The number of rotatable bonds is 3. The van der Waals surface area contributed by atoms with Crippen LogP contribution < -0.4 is 4.74 Å². The fourth-order valence-corrected chi connectivity index (χ4v) is 4.25. The van der Waals surface area contributed by atoms with Crippen LogP contribution in [0.25, 0.3) is 0 Å². The van der Waals surface area contributed by atoms with Crippen LogP contribution in [0.4, 0.5) is 4.79 Å². The molecule has 2 saturated heterocycles. The summed E-state index contributed by atoms with van der Waals surface area (Å²) in [6, 6.07) is 5.87. The van der Waals surface area contributed by atoms with Crippen molar-refractivity contribution in [1.82, 2.24) is 4.90 Å². The number of carbonyl (C=O) groups is 2. The number of ether oxygens (including phenoxy) is 2. The van der Waals surface area contributed by atoms with E-state index in [4.69, 9.17) is 9.47 Å². The van der Waals surface area contributed by atoms with Gasteiger partial charge in [0.25, 0.3) is 0 Å². The minimum Gasteiger partial charge on any atom is -0.497 e. The van der Waals surface area contributed by atoms with E-state index >= 15 is 0 Å². The van der Waals surface area contributed by atoms with Gasteiger partial charge in [0.1, 0.15) is 11.4 Å². The van der Waals surface area contributed by atoms with Gasteiger partial charge in [-0.15, -0.1) is 0 Å². The van der Waals surface area contributed by atoms with Crippen molar-refractivity contribution in [1.29, 1.82) is 0 Å². The highest BCUT2D eigenvalue weighted by Crippen LogP contribution is 2.41. The minimum atomic E-state index is -0.499. The van der Waals surface area contributed by atoms with Crippen LogP contribution in [0.2, 0.25) is 0 Å². The Morgan fingerprint density at radius 2 is 1.69 bits per heavy atom. The first-order chi connectivity index (χ1) is 12.2. The molecule has 2 heterocycles. The number of aryl methyl sites for hydroxylation is 1. The van der Waals surface area contributed by atoms with E-state index in [1.54, 1.807) is 7.11 Å². The van der Waals surface area contributed by atoms with Gasteiger partial charge >= 0.3 is 6.09 Å². The number of hydrogen-bond donors (Lipinski definition) is 0. The summed E-state index contributed by atoms with van der Waals surface area (Å²) in [6.45, 7) is 7.62. The van der Waals surface area contributed by atoms with Crippen molar-refractivity contribution in [3.63, 3.8) is 0 Å². The first-order valence-electron chi connectivity index (χ1n) is 9.39. The first kappa shape index (κ1) is 18.7. The third kappa shape index (κ3) is 3.87. The predicted molar refractivity (Wildman–Crippen MR) is 99.7 cm³/mol. The average Bonchev–Trinajstić information content (AvgIpc) is 2.82. The lowest BCUT2D eigenvalue weighted by molar-refractivity contribution is 0.00254. The zero-order valence-electron chi connectivity index (χ0n) is 16.4. The summed E-state index contributed by atoms with van der Waals surface area (Å²) in [5.41, 5.74) is 1.22. The van der Waals surface area contributed by atoms with Crippen LogP contribution in [0.1, 0.15) is 62.4 Å². The summed E-state index contributed by atoms with van der Waals surface area (Å²) in [4.78, 5) is 27.5. The number of methoxy groups -OCH3 is 1. The first-order valence-corrected chi connectivity index (χ1v) is 9.39. The van der Waals surface area contributed by atoms with Crippen molar-refractivity contribution in [3.05, 3.63) is 29.3 Å². The lowest BCUT2D eigenvalue weighted by atomic mass is 9.84. The molecule has 5 nitrogen and oxygen atoms in total. The van der Waals surface area contributed by atoms with Gasteiger partial charge in [-0.05, 0) is 77.1 Å². The van der Waals surface area contributed by atoms with Crippen LogP contribution in [0, 0.1) is 12.8 Å². The van der Waals surface area contributed by atoms with Crippen molar-refractivity contribution < 1.29 is 19.1 Å². The largest absolute Gasteiger partial charge is 0.497 e. The number of hydrogen-bond acceptors (Lipinski definition) is 4. The van der Waals surface area contributed by atoms with Gasteiger partial charge in [0, 0.05) is 23.6 Å². The van der Waals surface area contributed by atoms with Gasteiger partial charge in [0.15, 0.2) is 5.78 Å². The number of nitrogens with zero attached hydrogens (tertiary/aromatic N) is 1. The van der Waals surface area contributed by atoms with Crippen LogP contribution in [0.3, 0.4) is 0 Å². The summed E-state index contributed by atoms with van der Waals surface area (Å²) in [7, 11) is 1.61. The number of fused-ring (bicyclic) bond motifs is 2. The Labute approximate surface area is 155 Å². The SMILES string of the molecule is COc1cc(C)cc(C(=O)C2CC3CCC(C2)N3C(=O)OC(C)(C)C)c1. The lowest BCUT2D eigenvalue weighted by Crippen LogP contribution is -2.49. The van der Waals surface area contributed by atoms with Gasteiger partial charge < -0.3 is 14.4 Å². The molecule has 1 aromatic carbocycles. The molecule has 2 unspecified atom stereocenters. The Kier molecular flexibility index (Phi) is 5.00. The highest BCUT2D eigenvalue weighted by molar-refractivity contribution is 5.98. The van der Waals surface area contributed by atoms with E-state index < -0.39 is 5.60 Å². The molecule has 1 aromatic rings. The Hall–Kier alpha value is -2.04. The molecule has 0 radical (unpaired) electrons. The Morgan fingerprint density at radius 1 is 1.08 bits per heavy atom. The molecular weight excluding hydrogens is 330 g/mol. The molecule has 2 bridgehead atoms. The summed E-state index contributed by atoms with van der Waals surface area (Å²) < 4.78 is 10.9. The zero-order valence-corrected chi connectivity index (χ0v) is 16.4. The van der Waals surface area contributed by atoms with Gasteiger partial charge in [-0.2, -0.15) is 0 Å². The second kappa shape index (κ2) is 6.93. The number of benzene rings is 1. The third-order valence-corrected chi connectivity index (χ3v) is 5.28. The highest BCUT2D eigenvalue weighted by atomic mass is 16.6. The zero-order chi connectivity index (χ0) is 19.1. The average molecular weight is 359 g/mol. The molecule has 0 spiro atoms. The summed E-state index contributed by atoms with van der Waals surface area (Å²) in [5.74, 6) is 0.827. The van der Waals surface area contributed by atoms with Crippen molar-refractivity contribution in [3.8, 4) is 5.75 Å². The van der Waals surface area contributed by atoms with Crippen molar-refractivity contribution in [2.75, 3.05) is 7.11 Å². The van der Waals surface area contributed by atoms with Gasteiger partial charge in [0.05, 0.1) is 7.11 Å². The van der Waals surface area contributed by atoms with Crippen LogP contribution in [0.15, 0.2) is 18.2 Å². The minimum absolute atomic E-state index is 0.0438. The normalized spacial score (nSPS) is 25.1. The topological polar surface area (TPSA) is 55.8 Å². The number of piperidine rings is 1. The molecule has 2 atom stereocenters. The van der Waals surface area contributed by atoms with E-state index in [-0.39, 0.29) is 29.9 Å². The van der Waals surface area contributed by atoms with Gasteiger partial charge in [-0.3, -0.25) is 4.79 Å². The molecule has 2 fully saturated rings. The molecular formula is C21H29NO4. The monoisotopic (exact) mass is 359 g/mol. The van der Waals surface area contributed by atoms with E-state index in [1.807, 2.05) is 50.8 Å². The number of amides is 1. The van der Waals surface area contributed by atoms with Gasteiger partial charge in [-0.25, -0.2) is 4.79 Å². The quantitative estimate of drug-likeness (QED) is 0.752. The molecule has 2 aliphatic heterocycles. The second-order valence-electron chi connectivity index (χ2n) is 8.54. The maximum atomic E-state index is 13.1. The Bertz CT molecular complexity index is 692. The van der Waals surface area contributed by atoms with E-state index in [1.165, 1.54) is 0 Å². The predicted octanol–water partition coefficient (Wildman–Crippen LogP) is 4.36. The molecule has 0 aromatic heterocycles. The second-order valence-corrected chi connectivity index (χ2v) is 8.54. The van der Waals surface area contributed by atoms with E-state index in [2.05, 4.69) is 0 Å². The fraction of sp³-hybridized carbons (Fsp3) is 0.619. The van der Waals surface area contributed by atoms with Crippen molar-refractivity contribution in [2.24, 2.45) is 5.92 Å². The molecule has 26 heavy (non-hydrogen) atoms. The van der Waals surface area contributed by atoms with Gasteiger partial charge in [0.2, 0.25) is 0 Å². The van der Waals surface area contributed by atoms with Crippen LogP contribution in [0.5, 0.6) is 5.75 Å². The highest BCUT2D eigenvalue weighted by Gasteiger charge is 2.46. The van der Waals surface area contributed by atoms with Crippen molar-refractivity contribution >= 4 is 11.9 Å². The fourth-order valence-electron chi connectivity index (χ4n) is 4.25. The maximum absolute atomic E-state index is 13.1. The third-order valence-electron chi connectivity index (χ3n) is 5.28. The summed E-state index contributed by atoms with van der Waals surface area (Å²) in [6.07, 6.45) is 3.08. The van der Waals surface area contributed by atoms with Crippen molar-refractivity contribution in [2.45, 2.75) is 71.1 Å². The molecule has 142 valence electrons.